The van der Waals surface area contributed by atoms with Crippen LogP contribution >= 0.6 is 11.3 Å². The Labute approximate surface area is 161 Å². The summed E-state index contributed by atoms with van der Waals surface area (Å²) in [6, 6.07) is 5.32. The fourth-order valence-corrected chi connectivity index (χ4v) is 4.29. The number of thiazole rings is 1. The first-order chi connectivity index (χ1) is 13.2. The van der Waals surface area contributed by atoms with Crippen molar-refractivity contribution < 1.29 is 4.92 Å². The highest BCUT2D eigenvalue weighted by molar-refractivity contribution is 7.09. The van der Waals surface area contributed by atoms with Crippen LogP contribution < -0.4 is 4.90 Å². The first kappa shape index (κ1) is 17.8. The maximum atomic E-state index is 11.3. The first-order valence-electron chi connectivity index (χ1n) is 9.07. The fraction of sp³-hybridized carbons (Fsp3) is 0.368. The molecule has 0 bridgehead atoms. The molecule has 0 atom stereocenters. The van der Waals surface area contributed by atoms with E-state index in [0.717, 1.165) is 55.9 Å². The maximum Gasteiger partial charge on any atom is 0.278 e. The molecule has 1 aromatic carbocycles. The van der Waals surface area contributed by atoms with Gasteiger partial charge < -0.3 is 4.90 Å². The monoisotopic (exact) mass is 383 g/mol. The third kappa shape index (κ3) is 3.63. The van der Waals surface area contributed by atoms with Gasteiger partial charge in [-0.05, 0) is 18.6 Å². The van der Waals surface area contributed by atoms with Crippen LogP contribution in [0.25, 0.3) is 10.8 Å². The Bertz CT molecular complexity index is 966. The van der Waals surface area contributed by atoms with Crippen LogP contribution in [0, 0.1) is 10.1 Å². The molecule has 1 aliphatic heterocycles. The third-order valence-corrected chi connectivity index (χ3v) is 6.01. The predicted octanol–water partition coefficient (Wildman–Crippen LogP) is 3.48. The number of nitro groups is 1. The minimum atomic E-state index is -0.343. The number of hydrogen-bond donors (Lipinski definition) is 0. The lowest BCUT2D eigenvalue weighted by Gasteiger charge is -2.36. The van der Waals surface area contributed by atoms with Crippen LogP contribution in [0.15, 0.2) is 36.0 Å². The molecule has 0 N–H and O–H groups in total. The highest BCUT2D eigenvalue weighted by atomic mass is 32.1. The van der Waals surface area contributed by atoms with Gasteiger partial charge in [0.2, 0.25) is 0 Å². The molecular formula is C19H21N5O2S. The van der Waals surface area contributed by atoms with E-state index in [9.17, 15) is 10.1 Å². The molecule has 2 aromatic heterocycles. The van der Waals surface area contributed by atoms with Gasteiger partial charge in [0, 0.05) is 67.6 Å². The number of non-ortho nitro benzene ring substituents is 1. The molecule has 1 fully saturated rings. The normalized spacial score (nSPS) is 15.4. The number of fused-ring (bicyclic) bond motifs is 1. The molecule has 0 spiro atoms. The molecule has 0 aliphatic carbocycles. The third-order valence-electron chi connectivity index (χ3n) is 4.97. The zero-order valence-electron chi connectivity index (χ0n) is 15.2. The van der Waals surface area contributed by atoms with Crippen LogP contribution in [0.4, 0.5) is 11.4 Å². The van der Waals surface area contributed by atoms with E-state index < -0.39 is 0 Å². The minimum absolute atomic E-state index is 0.107. The lowest BCUT2D eigenvalue weighted by molar-refractivity contribution is -0.383. The van der Waals surface area contributed by atoms with E-state index in [0.29, 0.717) is 5.39 Å². The highest BCUT2D eigenvalue weighted by Crippen LogP contribution is 2.33. The summed E-state index contributed by atoms with van der Waals surface area (Å²) in [7, 11) is 0. The second-order valence-electron chi connectivity index (χ2n) is 6.63. The number of aromatic nitrogens is 2. The molecule has 0 radical (unpaired) electrons. The van der Waals surface area contributed by atoms with Gasteiger partial charge in [-0.15, -0.1) is 11.3 Å². The van der Waals surface area contributed by atoms with E-state index in [1.54, 1.807) is 29.8 Å². The Morgan fingerprint density at radius 2 is 2.00 bits per heavy atom. The lowest BCUT2D eigenvalue weighted by atomic mass is 10.1. The quantitative estimate of drug-likeness (QED) is 0.496. The Balaban J connectivity index is 1.50. The van der Waals surface area contributed by atoms with E-state index >= 15 is 0 Å². The van der Waals surface area contributed by atoms with Gasteiger partial charge in [0.25, 0.3) is 5.69 Å². The molecule has 0 saturated carbocycles. The van der Waals surface area contributed by atoms with Gasteiger partial charge >= 0.3 is 0 Å². The van der Waals surface area contributed by atoms with Crippen molar-refractivity contribution >= 4 is 33.5 Å². The molecule has 4 rings (SSSR count). The summed E-state index contributed by atoms with van der Waals surface area (Å²) < 4.78 is 0. The lowest BCUT2D eigenvalue weighted by Crippen LogP contribution is -2.46. The van der Waals surface area contributed by atoms with Crippen molar-refractivity contribution in [3.63, 3.8) is 0 Å². The largest absolute Gasteiger partial charge is 0.368 e. The molecule has 1 saturated heterocycles. The molecule has 3 aromatic rings. The molecule has 8 heteroatoms. The maximum absolute atomic E-state index is 11.3. The number of pyridine rings is 1. The van der Waals surface area contributed by atoms with Gasteiger partial charge in [0.15, 0.2) is 0 Å². The second kappa shape index (κ2) is 7.58. The number of piperazine rings is 1. The number of nitro benzene ring substituents is 1. The van der Waals surface area contributed by atoms with E-state index in [-0.39, 0.29) is 10.6 Å². The molecule has 140 valence electrons. The van der Waals surface area contributed by atoms with Crippen LogP contribution in [0.3, 0.4) is 0 Å². The summed E-state index contributed by atoms with van der Waals surface area (Å²) in [5, 5.41) is 16.1. The molecule has 0 amide bonds. The van der Waals surface area contributed by atoms with Crippen molar-refractivity contribution in [1.82, 2.24) is 14.9 Å². The summed E-state index contributed by atoms with van der Waals surface area (Å²) in [4.78, 5) is 24.4. The van der Waals surface area contributed by atoms with Crippen LogP contribution in [-0.4, -0.2) is 46.0 Å². The zero-order chi connectivity index (χ0) is 18.8. The topological polar surface area (TPSA) is 75.4 Å². The van der Waals surface area contributed by atoms with Crippen molar-refractivity contribution in [3.8, 4) is 0 Å². The van der Waals surface area contributed by atoms with Crippen LogP contribution in [0.1, 0.15) is 17.6 Å². The number of benzene rings is 1. The molecular weight excluding hydrogens is 362 g/mol. The second-order valence-corrected chi connectivity index (χ2v) is 7.57. The zero-order valence-corrected chi connectivity index (χ0v) is 16.0. The summed E-state index contributed by atoms with van der Waals surface area (Å²) in [5.74, 6) is 0. The summed E-state index contributed by atoms with van der Waals surface area (Å²) in [5.41, 5.74) is 2.30. The fourth-order valence-electron chi connectivity index (χ4n) is 3.55. The summed E-state index contributed by atoms with van der Waals surface area (Å²) in [6.07, 6.45) is 4.26. The Hall–Kier alpha value is -2.58. The standard InChI is InChI=1S/C19H21N5O2S/c1-2-19-21-14(13-27-19)12-22-7-9-23(10-8-22)17-3-4-18(24(25)26)16-11-20-6-5-15(16)17/h3-6,11,13H,2,7-10,12H2,1H3. The average Bonchev–Trinajstić information content (AvgIpc) is 3.15. The SMILES string of the molecule is CCc1nc(CN2CCN(c3ccc([N+](=O)[O-])c4cnccc34)CC2)cs1. The minimum Gasteiger partial charge on any atom is -0.368 e. The molecule has 27 heavy (non-hydrogen) atoms. The first-order valence-corrected chi connectivity index (χ1v) is 9.95. The molecule has 1 aliphatic rings. The van der Waals surface area contributed by atoms with Crippen LogP contribution in [0.5, 0.6) is 0 Å². The van der Waals surface area contributed by atoms with Gasteiger partial charge in [-0.3, -0.25) is 20.0 Å². The predicted molar refractivity (Wildman–Crippen MR) is 107 cm³/mol. The summed E-state index contributed by atoms with van der Waals surface area (Å²) >= 11 is 1.73. The number of anilines is 1. The van der Waals surface area contributed by atoms with Gasteiger partial charge in [-0.25, -0.2) is 4.98 Å². The van der Waals surface area contributed by atoms with Crippen molar-refractivity contribution in [1.29, 1.82) is 0 Å². The number of rotatable bonds is 5. The van der Waals surface area contributed by atoms with Gasteiger partial charge in [-0.1, -0.05) is 6.92 Å². The Morgan fingerprint density at radius 1 is 1.19 bits per heavy atom. The van der Waals surface area contributed by atoms with Crippen molar-refractivity contribution in [2.75, 3.05) is 31.1 Å². The smallest absolute Gasteiger partial charge is 0.278 e. The van der Waals surface area contributed by atoms with E-state index in [1.165, 1.54) is 5.01 Å². The van der Waals surface area contributed by atoms with Gasteiger partial charge in [0.05, 0.1) is 21.0 Å². The van der Waals surface area contributed by atoms with Crippen LogP contribution in [0.2, 0.25) is 0 Å². The Morgan fingerprint density at radius 3 is 2.70 bits per heavy atom. The average molecular weight is 383 g/mol. The van der Waals surface area contributed by atoms with E-state index in [4.69, 9.17) is 0 Å². The van der Waals surface area contributed by atoms with Crippen molar-refractivity contribution in [2.45, 2.75) is 19.9 Å². The van der Waals surface area contributed by atoms with Gasteiger partial charge in [-0.2, -0.15) is 0 Å². The van der Waals surface area contributed by atoms with Crippen LogP contribution in [-0.2, 0) is 13.0 Å². The Kier molecular flexibility index (Phi) is 5.00. The van der Waals surface area contributed by atoms with Crippen molar-refractivity contribution in [3.05, 3.63) is 56.8 Å². The number of hydrogen-bond acceptors (Lipinski definition) is 7. The van der Waals surface area contributed by atoms with E-state index in [1.807, 2.05) is 12.1 Å². The van der Waals surface area contributed by atoms with E-state index in [2.05, 4.69) is 32.1 Å². The molecule has 3 heterocycles. The number of aryl methyl sites for hydroxylation is 1. The van der Waals surface area contributed by atoms with Gasteiger partial charge in [0.1, 0.15) is 0 Å². The van der Waals surface area contributed by atoms with Crippen molar-refractivity contribution in [2.24, 2.45) is 0 Å². The number of nitrogens with zero attached hydrogens (tertiary/aromatic N) is 5. The highest BCUT2D eigenvalue weighted by Gasteiger charge is 2.22. The molecule has 0 unspecified atom stereocenters. The summed E-state index contributed by atoms with van der Waals surface area (Å²) in [6.45, 7) is 6.69. The molecule has 7 nitrogen and oxygen atoms in total.